The lowest BCUT2D eigenvalue weighted by Crippen LogP contribution is -2.39. The van der Waals surface area contributed by atoms with E-state index in [0.717, 1.165) is 6.42 Å². The van der Waals surface area contributed by atoms with Gasteiger partial charge in [0.25, 0.3) is 0 Å². The molecular weight excluding hydrogens is 198 g/mol. The minimum Gasteiger partial charge on any atom is -0.391 e. The topological polar surface area (TPSA) is 49.3 Å². The van der Waals surface area contributed by atoms with E-state index in [0.29, 0.717) is 6.54 Å². The minimum atomic E-state index is -0.446. The van der Waals surface area contributed by atoms with Crippen LogP contribution in [-0.2, 0) is 4.79 Å². The molecule has 0 radical (unpaired) electrons. The van der Waals surface area contributed by atoms with Crippen LogP contribution in [-0.4, -0.2) is 35.2 Å². The standard InChI is InChI=1S/C10H21NO2S/c1-5-9(14-4)10(13)11-6-8(12)7(2)3/h7-9,12H,5-6H2,1-4H3,(H,11,13). The van der Waals surface area contributed by atoms with Crippen molar-refractivity contribution in [1.82, 2.24) is 5.32 Å². The molecule has 0 heterocycles. The Morgan fingerprint density at radius 1 is 1.50 bits per heavy atom. The van der Waals surface area contributed by atoms with Crippen LogP contribution >= 0.6 is 11.8 Å². The summed E-state index contributed by atoms with van der Waals surface area (Å²) in [5, 5.41) is 12.2. The van der Waals surface area contributed by atoms with Crippen molar-refractivity contribution >= 4 is 17.7 Å². The summed E-state index contributed by atoms with van der Waals surface area (Å²) in [4.78, 5) is 11.5. The molecule has 0 fully saturated rings. The minimum absolute atomic E-state index is 0.00867. The van der Waals surface area contributed by atoms with E-state index in [2.05, 4.69) is 5.32 Å². The Hall–Kier alpha value is -0.220. The van der Waals surface area contributed by atoms with Gasteiger partial charge in [-0.1, -0.05) is 20.8 Å². The van der Waals surface area contributed by atoms with Gasteiger partial charge >= 0.3 is 0 Å². The molecule has 0 spiro atoms. The fraction of sp³-hybridized carbons (Fsp3) is 0.900. The number of carbonyl (C=O) groups excluding carboxylic acids is 1. The molecule has 0 saturated heterocycles. The first-order chi connectivity index (χ1) is 6.52. The van der Waals surface area contributed by atoms with Gasteiger partial charge in [-0.15, -0.1) is 0 Å². The number of aliphatic hydroxyl groups excluding tert-OH is 1. The highest BCUT2D eigenvalue weighted by Gasteiger charge is 2.16. The zero-order chi connectivity index (χ0) is 11.1. The quantitative estimate of drug-likeness (QED) is 0.707. The van der Waals surface area contributed by atoms with Crippen molar-refractivity contribution < 1.29 is 9.90 Å². The third-order valence-electron chi connectivity index (χ3n) is 2.20. The third kappa shape index (κ3) is 4.86. The molecule has 14 heavy (non-hydrogen) atoms. The highest BCUT2D eigenvalue weighted by atomic mass is 32.2. The van der Waals surface area contributed by atoms with Gasteiger partial charge in [0.1, 0.15) is 0 Å². The molecular formula is C10H21NO2S. The Balaban J connectivity index is 3.83. The lowest BCUT2D eigenvalue weighted by atomic mass is 10.1. The molecule has 0 saturated carbocycles. The van der Waals surface area contributed by atoms with Crippen molar-refractivity contribution in [3.8, 4) is 0 Å². The second kappa shape index (κ2) is 7.12. The summed E-state index contributed by atoms with van der Waals surface area (Å²) in [7, 11) is 0. The maximum absolute atomic E-state index is 11.5. The molecule has 2 atom stereocenters. The van der Waals surface area contributed by atoms with Crippen molar-refractivity contribution in [2.75, 3.05) is 12.8 Å². The maximum Gasteiger partial charge on any atom is 0.233 e. The van der Waals surface area contributed by atoms with Crippen LogP contribution in [0.1, 0.15) is 27.2 Å². The number of thioether (sulfide) groups is 1. The average Bonchev–Trinajstić information content (AvgIpc) is 2.15. The van der Waals surface area contributed by atoms with Crippen molar-refractivity contribution in [1.29, 1.82) is 0 Å². The van der Waals surface area contributed by atoms with Crippen molar-refractivity contribution in [2.45, 2.75) is 38.5 Å². The van der Waals surface area contributed by atoms with Crippen LogP contribution in [0.3, 0.4) is 0 Å². The van der Waals surface area contributed by atoms with Crippen LogP contribution in [0.4, 0.5) is 0 Å². The zero-order valence-corrected chi connectivity index (χ0v) is 10.2. The summed E-state index contributed by atoms with van der Waals surface area (Å²) >= 11 is 1.54. The predicted molar refractivity (Wildman–Crippen MR) is 61.4 cm³/mol. The Morgan fingerprint density at radius 2 is 2.07 bits per heavy atom. The molecule has 84 valence electrons. The second-order valence-corrected chi connectivity index (χ2v) is 4.73. The number of amides is 1. The first-order valence-electron chi connectivity index (χ1n) is 5.01. The van der Waals surface area contributed by atoms with E-state index in [9.17, 15) is 9.90 Å². The van der Waals surface area contributed by atoms with Gasteiger partial charge in [0, 0.05) is 6.54 Å². The maximum atomic E-state index is 11.5. The Morgan fingerprint density at radius 3 is 2.43 bits per heavy atom. The van der Waals surface area contributed by atoms with Crippen LogP contribution in [0, 0.1) is 5.92 Å². The fourth-order valence-electron chi connectivity index (χ4n) is 1.01. The first-order valence-corrected chi connectivity index (χ1v) is 6.30. The molecule has 4 heteroatoms. The monoisotopic (exact) mass is 219 g/mol. The first kappa shape index (κ1) is 13.8. The Bertz CT molecular complexity index is 170. The van der Waals surface area contributed by atoms with E-state index in [1.165, 1.54) is 0 Å². The molecule has 0 aliphatic carbocycles. The predicted octanol–water partition coefficient (Wildman–Crippen LogP) is 1.26. The summed E-state index contributed by atoms with van der Waals surface area (Å²) in [5.74, 6) is 0.212. The number of hydrogen-bond donors (Lipinski definition) is 2. The average molecular weight is 219 g/mol. The van der Waals surface area contributed by atoms with Crippen LogP contribution in [0.5, 0.6) is 0 Å². The molecule has 0 rings (SSSR count). The van der Waals surface area contributed by atoms with Crippen molar-refractivity contribution in [2.24, 2.45) is 5.92 Å². The molecule has 2 unspecified atom stereocenters. The van der Waals surface area contributed by atoms with Crippen LogP contribution in [0.25, 0.3) is 0 Å². The molecule has 0 aromatic heterocycles. The van der Waals surface area contributed by atoms with E-state index in [4.69, 9.17) is 0 Å². The Kier molecular flexibility index (Phi) is 7.01. The van der Waals surface area contributed by atoms with E-state index in [1.807, 2.05) is 27.0 Å². The lowest BCUT2D eigenvalue weighted by molar-refractivity contribution is -0.121. The SMILES string of the molecule is CCC(SC)C(=O)NCC(O)C(C)C. The zero-order valence-electron chi connectivity index (χ0n) is 9.41. The van der Waals surface area contributed by atoms with Crippen LogP contribution < -0.4 is 5.32 Å². The lowest BCUT2D eigenvalue weighted by Gasteiger charge is -2.17. The van der Waals surface area contributed by atoms with Gasteiger partial charge in [0.15, 0.2) is 0 Å². The fourth-order valence-corrected chi connectivity index (χ4v) is 1.64. The van der Waals surface area contributed by atoms with Gasteiger partial charge in [0.2, 0.25) is 5.91 Å². The number of nitrogens with one attached hydrogen (secondary N) is 1. The van der Waals surface area contributed by atoms with E-state index in [-0.39, 0.29) is 17.1 Å². The number of hydrogen-bond acceptors (Lipinski definition) is 3. The van der Waals surface area contributed by atoms with Crippen LogP contribution in [0.15, 0.2) is 0 Å². The molecule has 0 aliphatic heterocycles. The van der Waals surface area contributed by atoms with E-state index in [1.54, 1.807) is 11.8 Å². The Labute approximate surface area is 90.7 Å². The van der Waals surface area contributed by atoms with E-state index < -0.39 is 6.10 Å². The molecule has 0 aromatic rings. The smallest absolute Gasteiger partial charge is 0.233 e. The van der Waals surface area contributed by atoms with Crippen LogP contribution in [0.2, 0.25) is 0 Å². The number of carbonyl (C=O) groups is 1. The molecule has 2 N–H and O–H groups in total. The molecule has 0 aromatic carbocycles. The largest absolute Gasteiger partial charge is 0.391 e. The van der Waals surface area contributed by atoms with Gasteiger partial charge in [0.05, 0.1) is 11.4 Å². The van der Waals surface area contributed by atoms with Crippen molar-refractivity contribution in [3.63, 3.8) is 0 Å². The highest BCUT2D eigenvalue weighted by molar-refractivity contribution is 7.99. The van der Waals surface area contributed by atoms with Gasteiger partial charge < -0.3 is 10.4 Å². The molecule has 3 nitrogen and oxygen atoms in total. The summed E-state index contributed by atoms with van der Waals surface area (Å²) in [6.45, 7) is 6.21. The normalized spacial score (nSPS) is 15.3. The van der Waals surface area contributed by atoms with Gasteiger partial charge in [-0.05, 0) is 18.6 Å². The molecule has 0 aliphatic rings. The second-order valence-electron chi connectivity index (χ2n) is 3.69. The molecule has 0 bridgehead atoms. The van der Waals surface area contributed by atoms with Gasteiger partial charge in [-0.25, -0.2) is 0 Å². The van der Waals surface area contributed by atoms with Gasteiger partial charge in [-0.3, -0.25) is 4.79 Å². The molecule has 1 amide bonds. The summed E-state index contributed by atoms with van der Waals surface area (Å²) in [6.07, 6.45) is 2.30. The third-order valence-corrected chi connectivity index (χ3v) is 3.32. The number of aliphatic hydroxyl groups is 1. The summed E-state index contributed by atoms with van der Waals surface area (Å²) < 4.78 is 0. The van der Waals surface area contributed by atoms with Crippen molar-refractivity contribution in [3.05, 3.63) is 0 Å². The van der Waals surface area contributed by atoms with Gasteiger partial charge in [-0.2, -0.15) is 11.8 Å². The highest BCUT2D eigenvalue weighted by Crippen LogP contribution is 2.10. The van der Waals surface area contributed by atoms with E-state index >= 15 is 0 Å². The number of rotatable bonds is 6. The summed E-state index contributed by atoms with van der Waals surface area (Å²) in [6, 6.07) is 0. The summed E-state index contributed by atoms with van der Waals surface area (Å²) in [5.41, 5.74) is 0.